The summed E-state index contributed by atoms with van der Waals surface area (Å²) >= 11 is 0. The number of ketones is 1. The highest BCUT2D eigenvalue weighted by atomic mass is 31.2. The second-order valence-corrected chi connectivity index (χ2v) is 9.27. The SMILES string of the molecule is CCOP(=O)(CC1CCCn2c(C(=O)c3ccc(OC)c(OC)c3)ccc21)OCC. The summed E-state index contributed by atoms with van der Waals surface area (Å²) in [5.41, 5.74) is 2.15. The lowest BCUT2D eigenvalue weighted by atomic mass is 9.98. The van der Waals surface area contributed by atoms with Gasteiger partial charge in [0.1, 0.15) is 0 Å². The number of hydrogen-bond donors (Lipinski definition) is 0. The zero-order valence-electron chi connectivity index (χ0n) is 18.1. The van der Waals surface area contributed by atoms with Gasteiger partial charge in [-0.2, -0.15) is 0 Å². The van der Waals surface area contributed by atoms with Crippen molar-refractivity contribution in [3.63, 3.8) is 0 Å². The van der Waals surface area contributed by atoms with Gasteiger partial charge >= 0.3 is 7.60 Å². The topological polar surface area (TPSA) is 76.0 Å². The van der Waals surface area contributed by atoms with Crippen molar-refractivity contribution in [2.45, 2.75) is 39.2 Å². The molecule has 1 unspecified atom stereocenters. The summed E-state index contributed by atoms with van der Waals surface area (Å²) in [7, 11) is -0.0563. The van der Waals surface area contributed by atoms with Crippen LogP contribution in [0, 0.1) is 0 Å². The summed E-state index contributed by atoms with van der Waals surface area (Å²) in [4.78, 5) is 13.2. The van der Waals surface area contributed by atoms with E-state index < -0.39 is 7.60 Å². The van der Waals surface area contributed by atoms with Crippen LogP contribution < -0.4 is 9.47 Å². The molecule has 0 amide bonds. The van der Waals surface area contributed by atoms with Crippen molar-refractivity contribution in [2.24, 2.45) is 0 Å². The number of ether oxygens (including phenoxy) is 2. The van der Waals surface area contributed by atoms with Crippen molar-refractivity contribution in [1.82, 2.24) is 4.57 Å². The van der Waals surface area contributed by atoms with E-state index in [9.17, 15) is 9.36 Å². The number of carbonyl (C=O) groups is 1. The van der Waals surface area contributed by atoms with Crippen LogP contribution in [0.1, 0.15) is 54.4 Å². The van der Waals surface area contributed by atoms with Crippen molar-refractivity contribution >= 4 is 13.4 Å². The molecule has 0 bridgehead atoms. The Morgan fingerprint density at radius 2 is 1.77 bits per heavy atom. The van der Waals surface area contributed by atoms with Crippen LogP contribution in [0.5, 0.6) is 11.5 Å². The average Bonchev–Trinajstić information content (AvgIpc) is 3.18. The van der Waals surface area contributed by atoms with Gasteiger partial charge in [-0.1, -0.05) is 0 Å². The first-order chi connectivity index (χ1) is 14.5. The predicted molar refractivity (Wildman–Crippen MR) is 115 cm³/mol. The molecule has 0 radical (unpaired) electrons. The van der Waals surface area contributed by atoms with E-state index in [4.69, 9.17) is 18.5 Å². The molecule has 2 heterocycles. The molecule has 1 aromatic carbocycles. The maximum atomic E-state index is 13.2. The summed E-state index contributed by atoms with van der Waals surface area (Å²) in [6.45, 7) is 5.06. The zero-order chi connectivity index (χ0) is 21.7. The fourth-order valence-electron chi connectivity index (χ4n) is 4.05. The molecule has 1 aliphatic heterocycles. The molecule has 1 aliphatic rings. The summed E-state index contributed by atoms with van der Waals surface area (Å²) in [5.74, 6) is 1.03. The van der Waals surface area contributed by atoms with Crippen molar-refractivity contribution in [3.8, 4) is 11.5 Å². The van der Waals surface area contributed by atoms with Gasteiger partial charge in [-0.25, -0.2) is 0 Å². The van der Waals surface area contributed by atoms with Gasteiger partial charge in [-0.15, -0.1) is 0 Å². The number of carbonyl (C=O) groups excluding carboxylic acids is 1. The van der Waals surface area contributed by atoms with Crippen LogP contribution in [0.3, 0.4) is 0 Å². The molecule has 0 saturated heterocycles. The molecule has 3 rings (SSSR count). The number of benzene rings is 1. The number of fused-ring (bicyclic) bond motifs is 1. The Morgan fingerprint density at radius 1 is 1.07 bits per heavy atom. The zero-order valence-corrected chi connectivity index (χ0v) is 18.9. The van der Waals surface area contributed by atoms with E-state index in [1.165, 1.54) is 0 Å². The Hall–Kier alpha value is -2.08. The first-order valence-corrected chi connectivity index (χ1v) is 12.0. The smallest absolute Gasteiger partial charge is 0.331 e. The number of nitrogens with zero attached hydrogens (tertiary/aromatic N) is 1. The van der Waals surface area contributed by atoms with Crippen molar-refractivity contribution in [2.75, 3.05) is 33.6 Å². The summed E-state index contributed by atoms with van der Waals surface area (Å²) in [6, 6.07) is 8.97. The highest BCUT2D eigenvalue weighted by Gasteiger charge is 2.33. The van der Waals surface area contributed by atoms with Crippen molar-refractivity contribution in [3.05, 3.63) is 47.3 Å². The second-order valence-electron chi connectivity index (χ2n) is 7.16. The van der Waals surface area contributed by atoms with Gasteiger partial charge in [-0.3, -0.25) is 9.36 Å². The Morgan fingerprint density at radius 3 is 2.40 bits per heavy atom. The highest BCUT2D eigenvalue weighted by molar-refractivity contribution is 7.53. The van der Waals surface area contributed by atoms with E-state index in [2.05, 4.69) is 0 Å². The maximum Gasteiger partial charge on any atom is 0.331 e. The minimum Gasteiger partial charge on any atom is -0.493 e. The Balaban J connectivity index is 1.89. The highest BCUT2D eigenvalue weighted by Crippen LogP contribution is 2.52. The first kappa shape index (κ1) is 22.6. The number of methoxy groups -OCH3 is 2. The predicted octanol–water partition coefficient (Wildman–Crippen LogP) is 4.88. The molecule has 30 heavy (non-hydrogen) atoms. The third kappa shape index (κ3) is 4.64. The molecule has 0 saturated carbocycles. The van der Waals surface area contributed by atoms with Crippen LogP contribution >= 0.6 is 7.60 Å². The van der Waals surface area contributed by atoms with Crippen molar-refractivity contribution < 1.29 is 27.9 Å². The van der Waals surface area contributed by atoms with Gasteiger partial charge in [0.05, 0.1) is 39.3 Å². The Bertz CT molecular complexity index is 928. The standard InChI is InChI=1S/C22H30NO6P/c1-5-28-30(25,29-6-2)15-17-8-7-13-23-18(17)10-11-19(23)22(24)16-9-12-20(26-3)21(14-16)27-4/h9-12,14,17H,5-8,13,15H2,1-4H3. The third-order valence-corrected chi connectivity index (χ3v) is 7.53. The van der Waals surface area contributed by atoms with Crippen LogP contribution in [0.4, 0.5) is 0 Å². The average molecular weight is 435 g/mol. The largest absolute Gasteiger partial charge is 0.493 e. The van der Waals surface area contributed by atoms with Crippen LogP contribution in [0.15, 0.2) is 30.3 Å². The number of rotatable bonds is 10. The van der Waals surface area contributed by atoms with Gasteiger partial charge in [-0.05, 0) is 57.0 Å². The van der Waals surface area contributed by atoms with Gasteiger partial charge in [0.2, 0.25) is 5.78 Å². The lowest BCUT2D eigenvalue weighted by molar-refractivity contribution is 0.102. The van der Waals surface area contributed by atoms with Gasteiger partial charge < -0.3 is 23.1 Å². The molecule has 7 nitrogen and oxygen atoms in total. The van der Waals surface area contributed by atoms with Crippen molar-refractivity contribution in [1.29, 1.82) is 0 Å². The minimum atomic E-state index is -3.16. The maximum absolute atomic E-state index is 13.2. The molecule has 164 valence electrons. The quantitative estimate of drug-likeness (QED) is 0.391. The summed E-state index contributed by atoms with van der Waals surface area (Å²) in [6.07, 6.45) is 2.11. The van der Waals surface area contributed by atoms with E-state index in [0.717, 1.165) is 25.1 Å². The minimum absolute atomic E-state index is 0.0228. The van der Waals surface area contributed by atoms with Crippen LogP contribution in [-0.4, -0.2) is 43.9 Å². The monoisotopic (exact) mass is 435 g/mol. The molecular formula is C22H30NO6P. The molecule has 1 aromatic heterocycles. The third-order valence-electron chi connectivity index (χ3n) is 5.34. The summed E-state index contributed by atoms with van der Waals surface area (Å²) < 4.78 is 36.6. The van der Waals surface area contributed by atoms with E-state index in [0.29, 0.717) is 42.1 Å². The summed E-state index contributed by atoms with van der Waals surface area (Å²) in [5, 5.41) is 0. The molecule has 2 aromatic rings. The van der Waals surface area contributed by atoms with Crippen LogP contribution in [0.2, 0.25) is 0 Å². The van der Waals surface area contributed by atoms with Crippen LogP contribution in [0.25, 0.3) is 0 Å². The molecular weight excluding hydrogens is 405 g/mol. The Labute approximate surface area is 177 Å². The molecule has 0 spiro atoms. The number of aromatic nitrogens is 1. The normalized spacial score (nSPS) is 16.2. The number of hydrogen-bond acceptors (Lipinski definition) is 6. The second kappa shape index (κ2) is 9.82. The van der Waals surface area contributed by atoms with Crippen LogP contribution in [-0.2, 0) is 20.2 Å². The lowest BCUT2D eigenvalue weighted by Crippen LogP contribution is -2.22. The van der Waals surface area contributed by atoms with E-state index >= 15 is 0 Å². The van der Waals surface area contributed by atoms with Gasteiger partial charge in [0.15, 0.2) is 11.5 Å². The van der Waals surface area contributed by atoms with E-state index in [-0.39, 0.29) is 11.7 Å². The Kier molecular flexibility index (Phi) is 7.40. The lowest BCUT2D eigenvalue weighted by Gasteiger charge is -2.28. The van der Waals surface area contributed by atoms with E-state index in [1.807, 2.05) is 30.5 Å². The fraction of sp³-hybridized carbons (Fsp3) is 0.500. The molecule has 8 heteroatoms. The molecule has 0 aliphatic carbocycles. The fourth-order valence-corrected chi connectivity index (χ4v) is 6.03. The van der Waals surface area contributed by atoms with Gasteiger partial charge in [0, 0.05) is 23.7 Å². The molecule has 0 N–H and O–H groups in total. The molecule has 1 atom stereocenters. The van der Waals surface area contributed by atoms with Gasteiger partial charge in [0.25, 0.3) is 0 Å². The first-order valence-electron chi connectivity index (χ1n) is 10.3. The van der Waals surface area contributed by atoms with E-state index in [1.54, 1.807) is 32.4 Å². The molecule has 0 fully saturated rings.